The summed E-state index contributed by atoms with van der Waals surface area (Å²) in [7, 11) is -3.92. The minimum absolute atomic E-state index is 0.172. The Morgan fingerprint density at radius 2 is 1.96 bits per heavy atom. The van der Waals surface area contributed by atoms with E-state index in [0.29, 0.717) is 4.47 Å². The number of nitrogens with two attached hydrogens (primary N) is 1. The second-order valence-electron chi connectivity index (χ2n) is 5.56. The maximum Gasteiger partial charge on any atom is 0.344 e. The number of hydrogen-bond donors (Lipinski definition) is 2. The molecule has 0 fully saturated rings. The Morgan fingerprint density at radius 1 is 1.25 bits per heavy atom. The molecule has 8 nitrogen and oxygen atoms in total. The van der Waals surface area contributed by atoms with Gasteiger partial charge in [-0.3, -0.25) is 4.79 Å². The van der Waals surface area contributed by atoms with E-state index in [4.69, 9.17) is 14.6 Å². The molecule has 3 N–H and O–H groups in total. The van der Waals surface area contributed by atoms with E-state index in [2.05, 4.69) is 21.2 Å². The third kappa shape index (κ3) is 6.29. The molecule has 1 atom stereocenters. The highest BCUT2D eigenvalue weighted by Crippen LogP contribution is 2.25. The first-order valence-corrected chi connectivity index (χ1v) is 10.1. The molecule has 0 saturated heterocycles. The molecule has 1 amide bonds. The Kier molecular flexibility index (Phi) is 7.11. The monoisotopic (exact) mass is 474 g/mol. The number of nitrogens with one attached hydrogen (secondary N) is 1. The molecule has 2 rings (SSSR count). The maximum atomic E-state index is 13.0. The predicted molar refractivity (Wildman–Crippen MR) is 102 cm³/mol. The van der Waals surface area contributed by atoms with Crippen molar-refractivity contribution in [1.82, 2.24) is 0 Å². The number of benzene rings is 2. The lowest BCUT2D eigenvalue weighted by Gasteiger charge is -2.14. The van der Waals surface area contributed by atoms with Crippen molar-refractivity contribution >= 4 is 43.5 Å². The summed E-state index contributed by atoms with van der Waals surface area (Å²) in [5.74, 6) is -1.74. The second-order valence-corrected chi connectivity index (χ2v) is 7.97. The van der Waals surface area contributed by atoms with Crippen molar-refractivity contribution in [1.29, 1.82) is 0 Å². The molecule has 0 bridgehead atoms. The van der Waals surface area contributed by atoms with Gasteiger partial charge in [0.05, 0.1) is 9.37 Å². The topological polar surface area (TPSA) is 125 Å². The molecule has 2 aromatic carbocycles. The predicted octanol–water partition coefficient (Wildman–Crippen LogP) is 2.18. The van der Waals surface area contributed by atoms with Crippen LogP contribution in [0.1, 0.15) is 6.92 Å². The minimum atomic E-state index is -3.92. The van der Waals surface area contributed by atoms with Crippen molar-refractivity contribution in [2.45, 2.75) is 17.9 Å². The van der Waals surface area contributed by atoms with Crippen LogP contribution in [0.25, 0.3) is 0 Å². The zero-order valence-electron chi connectivity index (χ0n) is 14.5. The summed E-state index contributed by atoms with van der Waals surface area (Å²) in [6.45, 7) is 0.841. The van der Waals surface area contributed by atoms with Gasteiger partial charge < -0.3 is 14.8 Å². The lowest BCUT2D eigenvalue weighted by molar-refractivity contribution is -0.155. The number of sulfonamides is 1. The molecule has 0 heterocycles. The summed E-state index contributed by atoms with van der Waals surface area (Å²) in [5.41, 5.74) is 0.172. The largest absolute Gasteiger partial charge is 0.481 e. The van der Waals surface area contributed by atoms with E-state index < -0.39 is 40.4 Å². The number of amides is 1. The second kappa shape index (κ2) is 9.13. The number of ether oxygens (including phenoxy) is 2. The molecule has 150 valence electrons. The van der Waals surface area contributed by atoms with Gasteiger partial charge in [0, 0.05) is 5.69 Å². The van der Waals surface area contributed by atoms with E-state index in [0.717, 1.165) is 6.07 Å². The number of carbonyl (C=O) groups is 2. The van der Waals surface area contributed by atoms with Crippen molar-refractivity contribution in [3.63, 3.8) is 0 Å². The molecule has 0 saturated carbocycles. The highest BCUT2D eigenvalue weighted by atomic mass is 79.9. The number of hydrogen-bond acceptors (Lipinski definition) is 6. The van der Waals surface area contributed by atoms with E-state index in [9.17, 15) is 22.4 Å². The van der Waals surface area contributed by atoms with Gasteiger partial charge >= 0.3 is 5.97 Å². The van der Waals surface area contributed by atoms with E-state index in [1.807, 2.05) is 0 Å². The molecule has 0 aliphatic carbocycles. The van der Waals surface area contributed by atoms with Crippen molar-refractivity contribution in [2.24, 2.45) is 5.14 Å². The third-order valence-corrected chi connectivity index (χ3v) is 4.88. The fraction of sp³-hybridized carbons (Fsp3) is 0.176. The molecule has 0 spiro atoms. The molecular formula is C17H16BrFN2O6S. The molecule has 28 heavy (non-hydrogen) atoms. The lowest BCUT2D eigenvalue weighted by atomic mass is 10.3. The van der Waals surface area contributed by atoms with Gasteiger partial charge in [-0.1, -0.05) is 6.07 Å². The van der Waals surface area contributed by atoms with Gasteiger partial charge in [-0.15, -0.1) is 0 Å². The van der Waals surface area contributed by atoms with Crippen LogP contribution in [0.4, 0.5) is 10.1 Å². The van der Waals surface area contributed by atoms with Crippen molar-refractivity contribution < 1.29 is 31.9 Å². The summed E-state index contributed by atoms with van der Waals surface area (Å²) < 4.78 is 46.2. The average Bonchev–Trinajstić information content (AvgIpc) is 2.60. The Balaban J connectivity index is 1.90. The van der Waals surface area contributed by atoms with Crippen LogP contribution in [-0.4, -0.2) is 33.0 Å². The maximum absolute atomic E-state index is 13.0. The fourth-order valence-corrected chi connectivity index (χ4v) is 3.03. The van der Waals surface area contributed by atoms with Gasteiger partial charge in [-0.25, -0.2) is 22.7 Å². The summed E-state index contributed by atoms with van der Waals surface area (Å²) >= 11 is 3.10. The quantitative estimate of drug-likeness (QED) is 0.592. The van der Waals surface area contributed by atoms with Crippen molar-refractivity contribution in [2.75, 3.05) is 11.9 Å². The Hall–Kier alpha value is -2.50. The highest BCUT2D eigenvalue weighted by molar-refractivity contribution is 9.10. The summed E-state index contributed by atoms with van der Waals surface area (Å²) in [4.78, 5) is 23.8. The standard InChI is InChI=1S/C17H16BrFN2O6S/c1-10(17(23)21-12-3-2-4-13(8-12)28(20,24)25)27-16(22)9-26-15-6-5-11(19)7-14(15)18/h2-8,10H,9H2,1H3,(H,21,23)(H2,20,24,25). The number of anilines is 1. The van der Waals surface area contributed by atoms with Crippen LogP contribution < -0.4 is 15.2 Å². The molecule has 0 aromatic heterocycles. The molecule has 0 aliphatic rings. The molecule has 0 aliphatic heterocycles. The van der Waals surface area contributed by atoms with E-state index in [1.165, 1.54) is 43.3 Å². The SMILES string of the molecule is CC(OC(=O)COc1ccc(F)cc1Br)C(=O)Nc1cccc(S(N)(=O)=O)c1. The Bertz CT molecular complexity index is 999. The van der Waals surface area contributed by atoms with Crippen LogP contribution in [0.5, 0.6) is 5.75 Å². The molecule has 0 radical (unpaired) electrons. The first kappa shape index (κ1) is 21.8. The van der Waals surface area contributed by atoms with Gasteiger partial charge in [0.15, 0.2) is 12.7 Å². The van der Waals surface area contributed by atoms with Crippen molar-refractivity contribution in [3.05, 3.63) is 52.8 Å². The fourth-order valence-electron chi connectivity index (χ4n) is 2.01. The van der Waals surface area contributed by atoms with Gasteiger partial charge in [-0.05, 0) is 59.3 Å². The average molecular weight is 475 g/mol. The lowest BCUT2D eigenvalue weighted by Crippen LogP contribution is -2.31. The molecular weight excluding hydrogens is 459 g/mol. The van der Waals surface area contributed by atoms with E-state index in [-0.39, 0.29) is 16.3 Å². The van der Waals surface area contributed by atoms with Crippen LogP contribution in [0.2, 0.25) is 0 Å². The van der Waals surface area contributed by atoms with Gasteiger partial charge in [0.25, 0.3) is 5.91 Å². The zero-order chi connectivity index (χ0) is 20.9. The number of esters is 1. The van der Waals surface area contributed by atoms with Gasteiger partial charge in [0.1, 0.15) is 11.6 Å². The smallest absolute Gasteiger partial charge is 0.344 e. The van der Waals surface area contributed by atoms with Crippen LogP contribution in [0.15, 0.2) is 51.8 Å². The third-order valence-electron chi connectivity index (χ3n) is 3.35. The number of carbonyl (C=O) groups excluding carboxylic acids is 2. The first-order valence-electron chi connectivity index (χ1n) is 7.77. The van der Waals surface area contributed by atoms with E-state index in [1.54, 1.807) is 0 Å². The van der Waals surface area contributed by atoms with Gasteiger partial charge in [0.2, 0.25) is 10.0 Å². The summed E-state index contributed by atoms with van der Waals surface area (Å²) in [5, 5.41) is 7.46. The van der Waals surface area contributed by atoms with Crippen LogP contribution in [-0.2, 0) is 24.3 Å². The number of primary sulfonamides is 1. The molecule has 1 unspecified atom stereocenters. The first-order chi connectivity index (χ1) is 13.1. The van der Waals surface area contributed by atoms with Crippen LogP contribution in [0, 0.1) is 5.82 Å². The van der Waals surface area contributed by atoms with Crippen LogP contribution in [0.3, 0.4) is 0 Å². The normalized spacial score (nSPS) is 12.1. The van der Waals surface area contributed by atoms with Crippen LogP contribution >= 0.6 is 15.9 Å². The number of halogens is 2. The summed E-state index contributed by atoms with van der Waals surface area (Å²) in [6, 6.07) is 8.98. The summed E-state index contributed by atoms with van der Waals surface area (Å²) in [6.07, 6.45) is -1.18. The number of rotatable bonds is 7. The molecule has 11 heteroatoms. The van der Waals surface area contributed by atoms with Gasteiger partial charge in [-0.2, -0.15) is 0 Å². The zero-order valence-corrected chi connectivity index (χ0v) is 16.9. The Labute approximate surface area is 169 Å². The molecule has 2 aromatic rings. The van der Waals surface area contributed by atoms with Crippen molar-refractivity contribution in [3.8, 4) is 5.75 Å². The minimum Gasteiger partial charge on any atom is -0.481 e. The highest BCUT2D eigenvalue weighted by Gasteiger charge is 2.19. The van der Waals surface area contributed by atoms with E-state index >= 15 is 0 Å². The Morgan fingerprint density at radius 3 is 2.61 bits per heavy atom.